The number of nitrogens with one attached hydrogen (secondary N) is 2. The molecule has 6 heteroatoms. The molecule has 1 aliphatic rings. The van der Waals surface area contributed by atoms with Crippen LogP contribution in [0.5, 0.6) is 0 Å². The average Bonchev–Trinajstić information content (AvgIpc) is 2.77. The molecule has 0 radical (unpaired) electrons. The Morgan fingerprint density at radius 2 is 2.19 bits per heavy atom. The van der Waals surface area contributed by atoms with Crippen LogP contribution < -0.4 is 10.6 Å². The van der Waals surface area contributed by atoms with Crippen LogP contribution in [0.2, 0.25) is 0 Å². The van der Waals surface area contributed by atoms with Crippen molar-refractivity contribution in [1.29, 1.82) is 0 Å². The highest BCUT2D eigenvalue weighted by Gasteiger charge is 2.27. The highest BCUT2D eigenvalue weighted by molar-refractivity contribution is 6.01. The number of aryl methyl sites for hydroxylation is 2. The Morgan fingerprint density at radius 1 is 1.38 bits per heavy atom. The van der Waals surface area contributed by atoms with Gasteiger partial charge in [0, 0.05) is 19.5 Å². The minimum Gasteiger partial charge on any atom is -0.354 e. The summed E-state index contributed by atoms with van der Waals surface area (Å²) in [5.74, 6) is -0.336. The van der Waals surface area contributed by atoms with Gasteiger partial charge >= 0.3 is 6.03 Å². The molecule has 21 heavy (non-hydrogen) atoms. The maximum absolute atomic E-state index is 11.7. The summed E-state index contributed by atoms with van der Waals surface area (Å²) in [6.45, 7) is 2.55. The number of imide groups is 1. The first-order chi connectivity index (χ1) is 10.1. The molecular formula is C15H19N3O3. The molecule has 4 amide bonds. The van der Waals surface area contributed by atoms with E-state index in [0.717, 1.165) is 10.5 Å². The lowest BCUT2D eigenvalue weighted by Crippen LogP contribution is -2.38. The third kappa shape index (κ3) is 4.30. The minimum absolute atomic E-state index is 0.0418. The Kier molecular flexibility index (Phi) is 4.92. The van der Waals surface area contributed by atoms with Crippen molar-refractivity contribution in [2.45, 2.75) is 19.8 Å². The molecule has 1 aromatic carbocycles. The van der Waals surface area contributed by atoms with Crippen LogP contribution in [-0.2, 0) is 16.0 Å². The van der Waals surface area contributed by atoms with Crippen LogP contribution in [-0.4, -0.2) is 42.4 Å². The van der Waals surface area contributed by atoms with Gasteiger partial charge in [-0.3, -0.25) is 14.5 Å². The SMILES string of the molecule is Cc1cccc(CCC(=O)NCCN2C(=O)CNC2=O)c1. The quantitative estimate of drug-likeness (QED) is 0.753. The van der Waals surface area contributed by atoms with E-state index < -0.39 is 6.03 Å². The van der Waals surface area contributed by atoms with E-state index in [2.05, 4.69) is 16.7 Å². The Hall–Kier alpha value is -2.37. The zero-order valence-corrected chi connectivity index (χ0v) is 12.0. The van der Waals surface area contributed by atoms with Crippen molar-refractivity contribution in [2.75, 3.05) is 19.6 Å². The first kappa shape index (κ1) is 15.0. The van der Waals surface area contributed by atoms with E-state index >= 15 is 0 Å². The summed E-state index contributed by atoms with van der Waals surface area (Å²) in [5.41, 5.74) is 2.30. The molecule has 0 saturated carbocycles. The first-order valence-electron chi connectivity index (χ1n) is 6.96. The molecule has 0 unspecified atom stereocenters. The average molecular weight is 289 g/mol. The van der Waals surface area contributed by atoms with E-state index in [1.807, 2.05) is 25.1 Å². The standard InChI is InChI=1S/C15H19N3O3/c1-11-3-2-4-12(9-11)5-6-13(19)16-7-8-18-14(20)10-17-15(18)21/h2-4,9H,5-8,10H2,1H3,(H,16,19)(H,17,21). The van der Waals surface area contributed by atoms with Gasteiger partial charge in [0.1, 0.15) is 0 Å². The van der Waals surface area contributed by atoms with Crippen molar-refractivity contribution in [3.05, 3.63) is 35.4 Å². The van der Waals surface area contributed by atoms with Crippen LogP contribution in [0.25, 0.3) is 0 Å². The van der Waals surface area contributed by atoms with E-state index in [9.17, 15) is 14.4 Å². The fourth-order valence-corrected chi connectivity index (χ4v) is 2.20. The maximum atomic E-state index is 11.7. The molecule has 1 aliphatic heterocycles. The van der Waals surface area contributed by atoms with Gasteiger partial charge in [0.2, 0.25) is 11.8 Å². The van der Waals surface area contributed by atoms with Gasteiger partial charge in [-0.2, -0.15) is 0 Å². The number of carbonyl (C=O) groups is 3. The number of rotatable bonds is 6. The van der Waals surface area contributed by atoms with Gasteiger partial charge in [-0.25, -0.2) is 4.79 Å². The monoisotopic (exact) mass is 289 g/mol. The van der Waals surface area contributed by atoms with Gasteiger partial charge in [0.15, 0.2) is 0 Å². The number of nitrogens with zero attached hydrogens (tertiary/aromatic N) is 1. The van der Waals surface area contributed by atoms with Gasteiger partial charge in [0.25, 0.3) is 0 Å². The lowest BCUT2D eigenvalue weighted by atomic mass is 10.1. The number of hydrogen-bond donors (Lipinski definition) is 2. The van der Waals surface area contributed by atoms with Crippen molar-refractivity contribution in [3.63, 3.8) is 0 Å². The Balaban J connectivity index is 1.68. The van der Waals surface area contributed by atoms with Gasteiger partial charge < -0.3 is 10.6 Å². The summed E-state index contributed by atoms with van der Waals surface area (Å²) < 4.78 is 0. The maximum Gasteiger partial charge on any atom is 0.324 e. The molecule has 2 N–H and O–H groups in total. The van der Waals surface area contributed by atoms with Crippen molar-refractivity contribution < 1.29 is 14.4 Å². The van der Waals surface area contributed by atoms with Crippen LogP contribution in [0.1, 0.15) is 17.5 Å². The van der Waals surface area contributed by atoms with Crippen molar-refractivity contribution >= 4 is 17.8 Å². The molecule has 1 aromatic rings. The third-order valence-corrected chi connectivity index (χ3v) is 3.32. The summed E-state index contributed by atoms with van der Waals surface area (Å²) in [6, 6.07) is 7.64. The molecule has 0 bridgehead atoms. The van der Waals surface area contributed by atoms with E-state index in [-0.39, 0.29) is 31.4 Å². The molecule has 1 saturated heterocycles. The molecule has 6 nitrogen and oxygen atoms in total. The third-order valence-electron chi connectivity index (χ3n) is 3.32. The Labute approximate surface area is 123 Å². The molecular weight excluding hydrogens is 270 g/mol. The smallest absolute Gasteiger partial charge is 0.324 e. The van der Waals surface area contributed by atoms with Crippen molar-refractivity contribution in [2.24, 2.45) is 0 Å². The Morgan fingerprint density at radius 3 is 2.86 bits per heavy atom. The summed E-state index contributed by atoms with van der Waals surface area (Å²) >= 11 is 0. The normalized spacial score (nSPS) is 14.2. The number of amides is 4. The van der Waals surface area contributed by atoms with Gasteiger partial charge in [0.05, 0.1) is 6.54 Å². The predicted octanol–water partition coefficient (Wildman–Crippen LogP) is 0.596. The fraction of sp³-hybridized carbons (Fsp3) is 0.400. The van der Waals surface area contributed by atoms with Gasteiger partial charge in [-0.15, -0.1) is 0 Å². The molecule has 0 aliphatic carbocycles. The van der Waals surface area contributed by atoms with E-state index in [1.54, 1.807) is 0 Å². The van der Waals surface area contributed by atoms with Crippen molar-refractivity contribution in [1.82, 2.24) is 15.5 Å². The Bertz CT molecular complexity index is 541. The van der Waals surface area contributed by atoms with Crippen LogP contribution in [0.4, 0.5) is 4.79 Å². The van der Waals surface area contributed by atoms with E-state index in [4.69, 9.17) is 0 Å². The van der Waals surface area contributed by atoms with Crippen LogP contribution >= 0.6 is 0 Å². The highest BCUT2D eigenvalue weighted by atomic mass is 16.2. The predicted molar refractivity (Wildman–Crippen MR) is 77.6 cm³/mol. The lowest BCUT2D eigenvalue weighted by molar-refractivity contribution is -0.126. The summed E-state index contributed by atoms with van der Waals surface area (Å²) in [7, 11) is 0. The number of benzene rings is 1. The zero-order chi connectivity index (χ0) is 15.2. The number of carbonyl (C=O) groups excluding carboxylic acids is 3. The summed E-state index contributed by atoms with van der Waals surface area (Å²) in [5, 5.41) is 5.16. The summed E-state index contributed by atoms with van der Waals surface area (Å²) in [4.78, 5) is 35.5. The molecule has 0 spiro atoms. The van der Waals surface area contributed by atoms with E-state index in [0.29, 0.717) is 12.8 Å². The topological polar surface area (TPSA) is 78.5 Å². The van der Waals surface area contributed by atoms with Crippen LogP contribution in [0.15, 0.2) is 24.3 Å². The highest BCUT2D eigenvalue weighted by Crippen LogP contribution is 2.06. The molecule has 1 fully saturated rings. The molecule has 2 rings (SSSR count). The first-order valence-corrected chi connectivity index (χ1v) is 6.96. The molecule has 1 heterocycles. The zero-order valence-electron chi connectivity index (χ0n) is 12.0. The number of hydrogen-bond acceptors (Lipinski definition) is 3. The summed E-state index contributed by atoms with van der Waals surface area (Å²) in [6.07, 6.45) is 1.07. The minimum atomic E-state index is -0.394. The van der Waals surface area contributed by atoms with Crippen molar-refractivity contribution in [3.8, 4) is 0 Å². The molecule has 0 atom stereocenters. The van der Waals surface area contributed by atoms with Crippen LogP contribution in [0, 0.1) is 6.92 Å². The second-order valence-corrected chi connectivity index (χ2v) is 5.04. The second kappa shape index (κ2) is 6.88. The van der Waals surface area contributed by atoms with E-state index in [1.165, 1.54) is 5.56 Å². The van der Waals surface area contributed by atoms with Gasteiger partial charge in [-0.1, -0.05) is 29.8 Å². The van der Waals surface area contributed by atoms with Crippen LogP contribution in [0.3, 0.4) is 0 Å². The second-order valence-electron chi connectivity index (χ2n) is 5.04. The molecule has 0 aromatic heterocycles. The van der Waals surface area contributed by atoms with Gasteiger partial charge in [-0.05, 0) is 18.9 Å². The fourth-order valence-electron chi connectivity index (χ4n) is 2.20. The largest absolute Gasteiger partial charge is 0.354 e. The number of urea groups is 1. The molecule has 112 valence electrons. The lowest BCUT2D eigenvalue weighted by Gasteiger charge is -2.12.